The van der Waals surface area contributed by atoms with Gasteiger partial charge in [-0.3, -0.25) is 4.79 Å². The van der Waals surface area contributed by atoms with E-state index in [1.165, 1.54) is 32.0 Å². The molecule has 0 aliphatic heterocycles. The van der Waals surface area contributed by atoms with Crippen molar-refractivity contribution in [2.24, 2.45) is 0 Å². The lowest BCUT2D eigenvalue weighted by atomic mass is 10.2. The molecule has 0 bridgehead atoms. The Hall–Kier alpha value is -2.67. The van der Waals surface area contributed by atoms with Crippen LogP contribution in [0.25, 0.3) is 0 Å². The lowest BCUT2D eigenvalue weighted by molar-refractivity contribution is -0.129. The van der Waals surface area contributed by atoms with E-state index >= 15 is 0 Å². The summed E-state index contributed by atoms with van der Waals surface area (Å²) in [6.07, 6.45) is -1.05. The molecule has 0 saturated heterocycles. The summed E-state index contributed by atoms with van der Waals surface area (Å²) < 4.78 is 29.4. The largest absolute Gasteiger partial charge is 0.449 e. The highest BCUT2D eigenvalue weighted by atomic mass is 32.2. The van der Waals surface area contributed by atoms with Gasteiger partial charge in [-0.25, -0.2) is 13.2 Å². The van der Waals surface area contributed by atoms with Crippen molar-refractivity contribution in [3.05, 3.63) is 65.7 Å². The summed E-state index contributed by atoms with van der Waals surface area (Å²) >= 11 is 0. The number of esters is 1. The molecule has 6 nitrogen and oxygen atoms in total. The molecule has 2 rings (SSSR count). The van der Waals surface area contributed by atoms with Gasteiger partial charge in [0.15, 0.2) is 15.9 Å². The van der Waals surface area contributed by atoms with Crippen LogP contribution in [0.3, 0.4) is 0 Å². The summed E-state index contributed by atoms with van der Waals surface area (Å²) in [5, 5.41) is 2.68. The number of benzene rings is 2. The molecular weight excluding hydrogens is 354 g/mol. The van der Waals surface area contributed by atoms with Gasteiger partial charge in [0.2, 0.25) is 0 Å². The number of nitrogens with one attached hydrogen (secondary N) is 1. The highest BCUT2D eigenvalue weighted by molar-refractivity contribution is 7.91. The Bertz CT molecular complexity index is 878. The average molecular weight is 375 g/mol. The molecule has 2 aromatic rings. The maximum Gasteiger partial charge on any atom is 0.340 e. The molecule has 0 fully saturated rings. The smallest absolute Gasteiger partial charge is 0.340 e. The minimum absolute atomic E-state index is 0.0722. The van der Waals surface area contributed by atoms with E-state index in [9.17, 15) is 18.0 Å². The van der Waals surface area contributed by atoms with E-state index in [0.29, 0.717) is 6.54 Å². The maximum atomic E-state index is 12.4. The van der Waals surface area contributed by atoms with E-state index in [1.54, 1.807) is 6.07 Å². The van der Waals surface area contributed by atoms with Crippen molar-refractivity contribution in [3.8, 4) is 0 Å². The maximum absolute atomic E-state index is 12.4. The fourth-order valence-corrected chi connectivity index (χ4v) is 3.35. The fourth-order valence-electron chi connectivity index (χ4n) is 2.27. The molecule has 1 atom stereocenters. The Morgan fingerprint density at radius 1 is 1.04 bits per heavy atom. The number of hydrogen-bond donors (Lipinski definition) is 1. The molecule has 0 radical (unpaired) electrons. The van der Waals surface area contributed by atoms with E-state index in [1.807, 2.05) is 30.3 Å². The third kappa shape index (κ3) is 4.92. The number of amides is 1. The molecule has 7 heteroatoms. The van der Waals surface area contributed by atoms with Crippen molar-refractivity contribution < 1.29 is 22.7 Å². The fraction of sp³-hybridized carbons (Fsp3) is 0.263. The molecule has 0 spiro atoms. The lowest BCUT2D eigenvalue weighted by Crippen LogP contribution is -2.35. The van der Waals surface area contributed by atoms with Gasteiger partial charge in [-0.05, 0) is 24.6 Å². The van der Waals surface area contributed by atoms with Gasteiger partial charge in [0, 0.05) is 6.54 Å². The van der Waals surface area contributed by atoms with Crippen molar-refractivity contribution >= 4 is 21.7 Å². The number of carbonyl (C=O) groups excluding carboxylic acids is 2. The monoisotopic (exact) mass is 375 g/mol. The first-order valence-electron chi connectivity index (χ1n) is 8.19. The normalized spacial score (nSPS) is 12.2. The SMILES string of the molecule is CCS(=O)(=O)c1ccccc1C(=O)O[C@@H](C)C(=O)NCc1ccccc1. The third-order valence-corrected chi connectivity index (χ3v) is 5.57. The zero-order chi connectivity index (χ0) is 19.2. The highest BCUT2D eigenvalue weighted by Crippen LogP contribution is 2.18. The quantitative estimate of drug-likeness (QED) is 0.750. The molecule has 138 valence electrons. The van der Waals surface area contributed by atoms with Crippen molar-refractivity contribution in [2.45, 2.75) is 31.4 Å². The predicted octanol–water partition coefficient (Wildman–Crippen LogP) is 2.34. The van der Waals surface area contributed by atoms with E-state index in [-0.39, 0.29) is 16.2 Å². The van der Waals surface area contributed by atoms with Crippen LogP contribution >= 0.6 is 0 Å². The first-order valence-corrected chi connectivity index (χ1v) is 9.84. The van der Waals surface area contributed by atoms with E-state index < -0.39 is 27.8 Å². The molecule has 0 saturated carbocycles. The van der Waals surface area contributed by atoms with Crippen LogP contribution in [-0.4, -0.2) is 32.2 Å². The van der Waals surface area contributed by atoms with Gasteiger partial charge in [0.05, 0.1) is 16.2 Å². The standard InChI is InChI=1S/C19H21NO5S/c1-3-26(23,24)17-12-8-7-11-16(17)19(22)25-14(2)18(21)20-13-15-9-5-4-6-10-15/h4-12,14H,3,13H2,1-2H3,(H,20,21)/t14-/m0/s1. The van der Waals surface area contributed by atoms with Gasteiger partial charge >= 0.3 is 5.97 Å². The Balaban J connectivity index is 2.04. The first kappa shape index (κ1) is 19.7. The van der Waals surface area contributed by atoms with E-state index in [2.05, 4.69) is 5.32 Å². The summed E-state index contributed by atoms with van der Waals surface area (Å²) in [5.74, 6) is -1.44. The summed E-state index contributed by atoms with van der Waals surface area (Å²) in [6.45, 7) is 3.24. The predicted molar refractivity (Wildman–Crippen MR) is 97.3 cm³/mol. The minimum Gasteiger partial charge on any atom is -0.449 e. The Kier molecular flexibility index (Phi) is 6.52. The molecule has 0 unspecified atom stereocenters. The molecule has 1 amide bonds. The summed E-state index contributed by atoms with van der Waals surface area (Å²) in [7, 11) is -3.58. The first-order chi connectivity index (χ1) is 12.3. The topological polar surface area (TPSA) is 89.5 Å². The second-order valence-corrected chi connectivity index (χ2v) is 7.90. The highest BCUT2D eigenvalue weighted by Gasteiger charge is 2.24. The van der Waals surface area contributed by atoms with Crippen LogP contribution in [-0.2, 0) is 25.9 Å². The van der Waals surface area contributed by atoms with E-state index in [0.717, 1.165) is 5.56 Å². The van der Waals surface area contributed by atoms with Crippen molar-refractivity contribution in [1.29, 1.82) is 0 Å². The molecular formula is C19H21NO5S. The van der Waals surface area contributed by atoms with Crippen LogP contribution in [0.15, 0.2) is 59.5 Å². The average Bonchev–Trinajstić information content (AvgIpc) is 2.66. The van der Waals surface area contributed by atoms with E-state index in [4.69, 9.17) is 4.74 Å². The van der Waals surface area contributed by atoms with Gasteiger partial charge in [0.1, 0.15) is 0 Å². The summed E-state index contributed by atoms with van der Waals surface area (Å²) in [6, 6.07) is 15.1. The van der Waals surface area contributed by atoms with Crippen LogP contribution in [0, 0.1) is 0 Å². The van der Waals surface area contributed by atoms with Gasteiger partial charge in [-0.1, -0.05) is 49.4 Å². The van der Waals surface area contributed by atoms with Crippen LogP contribution in [0.4, 0.5) is 0 Å². The summed E-state index contributed by atoms with van der Waals surface area (Å²) in [5.41, 5.74) is 0.843. The van der Waals surface area contributed by atoms with Crippen molar-refractivity contribution in [1.82, 2.24) is 5.32 Å². The number of carbonyl (C=O) groups is 2. The molecule has 1 N–H and O–H groups in total. The van der Waals surface area contributed by atoms with Crippen molar-refractivity contribution in [2.75, 3.05) is 5.75 Å². The molecule has 0 heterocycles. The second-order valence-electron chi connectivity index (χ2n) is 5.65. The third-order valence-electron chi connectivity index (χ3n) is 3.78. The van der Waals surface area contributed by atoms with Crippen LogP contribution in [0.2, 0.25) is 0 Å². The molecule has 26 heavy (non-hydrogen) atoms. The van der Waals surface area contributed by atoms with Gasteiger partial charge in [-0.2, -0.15) is 0 Å². The van der Waals surface area contributed by atoms with Crippen molar-refractivity contribution in [3.63, 3.8) is 0 Å². The molecule has 2 aromatic carbocycles. The van der Waals surface area contributed by atoms with Crippen LogP contribution < -0.4 is 5.32 Å². The Morgan fingerprint density at radius 2 is 1.65 bits per heavy atom. The van der Waals surface area contributed by atoms with Crippen LogP contribution in [0.5, 0.6) is 0 Å². The zero-order valence-corrected chi connectivity index (χ0v) is 15.5. The molecule has 0 aliphatic rings. The number of ether oxygens (including phenoxy) is 1. The van der Waals surface area contributed by atoms with Gasteiger partial charge < -0.3 is 10.1 Å². The molecule has 0 aromatic heterocycles. The minimum atomic E-state index is -3.58. The Labute approximate surface area is 153 Å². The van der Waals surface area contributed by atoms with Gasteiger partial charge in [-0.15, -0.1) is 0 Å². The second kappa shape index (κ2) is 8.62. The number of rotatable bonds is 7. The van der Waals surface area contributed by atoms with Crippen LogP contribution in [0.1, 0.15) is 29.8 Å². The lowest BCUT2D eigenvalue weighted by Gasteiger charge is -2.15. The zero-order valence-electron chi connectivity index (χ0n) is 14.6. The van der Waals surface area contributed by atoms with Gasteiger partial charge in [0.25, 0.3) is 5.91 Å². The number of hydrogen-bond acceptors (Lipinski definition) is 5. The number of sulfone groups is 1. The molecule has 0 aliphatic carbocycles. The Morgan fingerprint density at radius 3 is 2.31 bits per heavy atom. The summed E-state index contributed by atoms with van der Waals surface area (Å²) in [4.78, 5) is 24.4.